The molecule has 0 unspecified atom stereocenters. The minimum atomic E-state index is 0.447. The van der Waals surface area contributed by atoms with Gasteiger partial charge in [-0.1, -0.05) is 36.8 Å². The van der Waals surface area contributed by atoms with Gasteiger partial charge in [0, 0.05) is 16.9 Å². The highest BCUT2D eigenvalue weighted by Crippen LogP contribution is 2.43. The van der Waals surface area contributed by atoms with Gasteiger partial charge in [-0.15, -0.1) is 21.5 Å². The quantitative estimate of drug-likeness (QED) is 0.347. The SMILES string of the molecule is c1ccc(-c2csc3nc(CN4CCCCC4)nc(Sc4nnc(C5CC5)o4)c23)cc1. The summed E-state index contributed by atoms with van der Waals surface area (Å²) in [6.07, 6.45) is 6.13. The average molecular weight is 450 g/mol. The van der Waals surface area contributed by atoms with E-state index in [2.05, 4.69) is 44.7 Å². The smallest absolute Gasteiger partial charge is 0.282 e. The number of fused-ring (bicyclic) bond motifs is 1. The zero-order valence-corrected chi connectivity index (χ0v) is 18.8. The number of hydrogen-bond donors (Lipinski definition) is 0. The van der Waals surface area contributed by atoms with E-state index >= 15 is 0 Å². The van der Waals surface area contributed by atoms with Crippen molar-refractivity contribution in [2.45, 2.75) is 54.8 Å². The number of thiophene rings is 1. The van der Waals surface area contributed by atoms with Crippen LogP contribution in [-0.4, -0.2) is 38.2 Å². The molecule has 158 valence electrons. The lowest BCUT2D eigenvalue weighted by molar-refractivity contribution is 0.216. The fraction of sp³-hybridized carbons (Fsp3) is 0.391. The van der Waals surface area contributed by atoms with Gasteiger partial charge in [0.25, 0.3) is 5.22 Å². The number of nitrogens with zero attached hydrogens (tertiary/aromatic N) is 5. The molecule has 4 heterocycles. The molecule has 1 aromatic carbocycles. The fourth-order valence-corrected chi connectivity index (χ4v) is 5.95. The van der Waals surface area contributed by atoms with Crippen LogP contribution in [0, 0.1) is 0 Å². The van der Waals surface area contributed by atoms with Crippen molar-refractivity contribution >= 4 is 33.3 Å². The predicted molar refractivity (Wildman–Crippen MR) is 122 cm³/mol. The van der Waals surface area contributed by atoms with E-state index < -0.39 is 0 Å². The third-order valence-electron chi connectivity index (χ3n) is 5.88. The molecule has 1 saturated carbocycles. The van der Waals surface area contributed by atoms with Crippen LogP contribution >= 0.6 is 23.1 Å². The molecule has 3 aromatic heterocycles. The first-order valence-electron chi connectivity index (χ1n) is 10.9. The van der Waals surface area contributed by atoms with Gasteiger partial charge in [0.05, 0.1) is 11.9 Å². The van der Waals surface area contributed by atoms with Gasteiger partial charge in [-0.25, -0.2) is 9.97 Å². The maximum atomic E-state index is 5.95. The third-order valence-corrected chi connectivity index (χ3v) is 7.58. The molecule has 0 bridgehead atoms. The summed E-state index contributed by atoms with van der Waals surface area (Å²) in [5.41, 5.74) is 2.33. The Bertz CT molecular complexity index is 1200. The van der Waals surface area contributed by atoms with Crippen molar-refractivity contribution in [1.29, 1.82) is 0 Å². The highest BCUT2D eigenvalue weighted by Gasteiger charge is 2.30. The van der Waals surface area contributed by atoms with Crippen molar-refractivity contribution in [3.05, 3.63) is 47.4 Å². The van der Waals surface area contributed by atoms with Gasteiger partial charge in [0.2, 0.25) is 5.89 Å². The lowest BCUT2D eigenvalue weighted by Gasteiger charge is -2.25. The average Bonchev–Trinajstić information content (AvgIpc) is 3.40. The molecule has 31 heavy (non-hydrogen) atoms. The molecule has 0 amide bonds. The van der Waals surface area contributed by atoms with Crippen LogP contribution in [0.15, 0.2) is 50.4 Å². The van der Waals surface area contributed by atoms with E-state index in [4.69, 9.17) is 14.4 Å². The number of hydrogen-bond acceptors (Lipinski definition) is 8. The first-order chi connectivity index (χ1) is 15.3. The monoisotopic (exact) mass is 449 g/mol. The van der Waals surface area contributed by atoms with E-state index in [-0.39, 0.29) is 0 Å². The lowest BCUT2D eigenvalue weighted by Crippen LogP contribution is -2.29. The highest BCUT2D eigenvalue weighted by molar-refractivity contribution is 7.99. The maximum Gasteiger partial charge on any atom is 0.282 e. The van der Waals surface area contributed by atoms with Crippen LogP contribution in [0.3, 0.4) is 0 Å². The summed E-state index contributed by atoms with van der Waals surface area (Å²) in [7, 11) is 0. The molecule has 1 saturated heterocycles. The summed E-state index contributed by atoms with van der Waals surface area (Å²) in [5, 5.41) is 13.3. The summed E-state index contributed by atoms with van der Waals surface area (Å²) in [6, 6.07) is 10.4. The van der Waals surface area contributed by atoms with Crippen LogP contribution in [0.4, 0.5) is 0 Å². The van der Waals surface area contributed by atoms with Crippen LogP contribution in [0.2, 0.25) is 0 Å². The molecular weight excluding hydrogens is 426 g/mol. The molecule has 4 aromatic rings. The molecule has 6 nitrogen and oxygen atoms in total. The van der Waals surface area contributed by atoms with E-state index in [9.17, 15) is 0 Å². The second-order valence-corrected chi connectivity index (χ2v) is 10.1. The van der Waals surface area contributed by atoms with Crippen molar-refractivity contribution < 1.29 is 4.42 Å². The summed E-state index contributed by atoms with van der Waals surface area (Å²) >= 11 is 3.15. The zero-order valence-electron chi connectivity index (χ0n) is 17.2. The van der Waals surface area contributed by atoms with Crippen molar-refractivity contribution in [2.75, 3.05) is 13.1 Å². The molecular formula is C23H23N5OS2. The number of rotatable bonds is 6. The van der Waals surface area contributed by atoms with E-state index in [1.807, 2.05) is 6.07 Å². The molecule has 2 fully saturated rings. The molecule has 2 aliphatic rings. The van der Waals surface area contributed by atoms with Crippen molar-refractivity contribution in [3.63, 3.8) is 0 Å². The highest BCUT2D eigenvalue weighted by atomic mass is 32.2. The number of aromatic nitrogens is 4. The maximum absolute atomic E-state index is 5.95. The van der Waals surface area contributed by atoms with Gasteiger partial charge in [-0.05, 0) is 56.1 Å². The van der Waals surface area contributed by atoms with Crippen LogP contribution in [0.5, 0.6) is 0 Å². The van der Waals surface area contributed by atoms with Gasteiger partial charge in [-0.2, -0.15) is 0 Å². The van der Waals surface area contributed by atoms with E-state index in [0.29, 0.717) is 11.1 Å². The molecule has 1 aliphatic carbocycles. The van der Waals surface area contributed by atoms with Gasteiger partial charge in [-0.3, -0.25) is 4.90 Å². The second kappa shape index (κ2) is 8.33. The number of likely N-dealkylation sites (tertiary alicyclic amines) is 1. The van der Waals surface area contributed by atoms with Gasteiger partial charge in [0.1, 0.15) is 15.7 Å². The molecule has 0 spiro atoms. The first-order valence-corrected chi connectivity index (χ1v) is 12.6. The fourth-order valence-electron chi connectivity index (χ4n) is 4.08. The van der Waals surface area contributed by atoms with Gasteiger partial charge < -0.3 is 4.42 Å². The van der Waals surface area contributed by atoms with Crippen molar-refractivity contribution in [2.24, 2.45) is 0 Å². The van der Waals surface area contributed by atoms with E-state index in [1.165, 1.54) is 36.6 Å². The normalized spacial score (nSPS) is 17.4. The molecule has 6 rings (SSSR count). The van der Waals surface area contributed by atoms with Crippen LogP contribution in [0.25, 0.3) is 21.3 Å². The standard InChI is InChI=1S/C23H23N5OS2/c1-3-7-15(8-4-1)17-14-30-21-19(17)22(31-23-27-26-20(29-23)16-9-10-16)25-18(24-21)13-28-11-5-2-6-12-28/h1,3-4,7-8,14,16H,2,5-6,9-13H2. The van der Waals surface area contributed by atoms with E-state index in [0.717, 1.165) is 65.0 Å². The summed E-state index contributed by atoms with van der Waals surface area (Å²) in [5.74, 6) is 2.08. The van der Waals surface area contributed by atoms with Gasteiger partial charge >= 0.3 is 0 Å². The topological polar surface area (TPSA) is 67.9 Å². The van der Waals surface area contributed by atoms with E-state index in [1.54, 1.807) is 11.3 Å². The molecule has 0 atom stereocenters. The summed E-state index contributed by atoms with van der Waals surface area (Å²) in [4.78, 5) is 13.4. The minimum Gasteiger partial charge on any atom is -0.415 e. The number of benzene rings is 1. The first kappa shape index (κ1) is 19.4. The molecule has 1 aliphatic heterocycles. The Morgan fingerprint density at radius 3 is 2.68 bits per heavy atom. The Morgan fingerprint density at radius 1 is 1.03 bits per heavy atom. The zero-order chi connectivity index (χ0) is 20.6. The minimum absolute atomic E-state index is 0.447. The lowest BCUT2D eigenvalue weighted by atomic mass is 10.1. The van der Waals surface area contributed by atoms with Gasteiger partial charge in [0.15, 0.2) is 0 Å². The molecule has 0 N–H and O–H groups in total. The van der Waals surface area contributed by atoms with Crippen molar-refractivity contribution in [1.82, 2.24) is 25.1 Å². The molecule has 0 radical (unpaired) electrons. The summed E-state index contributed by atoms with van der Waals surface area (Å²) in [6.45, 7) is 3.04. The number of piperidine rings is 1. The Hall–Kier alpha value is -2.29. The molecule has 8 heteroatoms. The Kier molecular flexibility index (Phi) is 5.21. The Balaban J connectivity index is 1.40. The van der Waals surface area contributed by atoms with Crippen LogP contribution in [0.1, 0.15) is 49.7 Å². The predicted octanol–water partition coefficient (Wildman–Crippen LogP) is 5.76. The third kappa shape index (κ3) is 4.12. The largest absolute Gasteiger partial charge is 0.415 e. The van der Waals surface area contributed by atoms with Crippen molar-refractivity contribution in [3.8, 4) is 11.1 Å². The summed E-state index contributed by atoms with van der Waals surface area (Å²) < 4.78 is 5.95. The Morgan fingerprint density at radius 2 is 1.87 bits per heavy atom. The van der Waals surface area contributed by atoms with Crippen LogP contribution in [-0.2, 0) is 6.54 Å². The Labute approximate surface area is 189 Å². The van der Waals surface area contributed by atoms with Crippen LogP contribution < -0.4 is 0 Å². The second-order valence-electron chi connectivity index (χ2n) is 8.26.